The van der Waals surface area contributed by atoms with Crippen molar-refractivity contribution in [1.82, 2.24) is 0 Å². The van der Waals surface area contributed by atoms with Crippen molar-refractivity contribution in [3.05, 3.63) is 177 Å². The Morgan fingerprint density at radius 2 is 0.787 bits per heavy atom. The molecule has 0 atom stereocenters. The van der Waals surface area contributed by atoms with Crippen molar-refractivity contribution in [2.45, 2.75) is 153 Å². The molecule has 0 unspecified atom stereocenters. The van der Waals surface area contributed by atoms with Crippen molar-refractivity contribution in [3.63, 3.8) is 0 Å². The first-order chi connectivity index (χ1) is 35.5. The lowest BCUT2D eigenvalue weighted by molar-refractivity contribution is -0.191. The van der Waals surface area contributed by atoms with E-state index in [0.717, 1.165) is 65.9 Å². The minimum Gasteiger partial charge on any atom is -0.486 e. The zero-order valence-electron chi connectivity index (χ0n) is 47.5. The van der Waals surface area contributed by atoms with Gasteiger partial charge in [-0.05, 0) is 150 Å². The molecule has 75 heavy (non-hydrogen) atoms. The Balaban J connectivity index is 0.000000309. The Kier molecular flexibility index (Phi) is 21.9. The summed E-state index contributed by atoms with van der Waals surface area (Å²) in [6.45, 7) is 32.2. The molecule has 8 nitrogen and oxygen atoms in total. The molecular formula is C67H82O8. The second-order valence-corrected chi connectivity index (χ2v) is 21.8. The number of carbonyl (C=O) groups excluding carboxylic acids is 5. The molecule has 0 N–H and O–H groups in total. The van der Waals surface area contributed by atoms with E-state index in [2.05, 4.69) is 159 Å². The van der Waals surface area contributed by atoms with Crippen LogP contribution in [0.4, 0.5) is 0 Å². The molecule has 0 aliphatic heterocycles. The molecule has 0 saturated heterocycles. The van der Waals surface area contributed by atoms with Crippen molar-refractivity contribution in [2.24, 2.45) is 10.8 Å². The van der Waals surface area contributed by atoms with E-state index in [1.165, 1.54) is 55.6 Å². The highest BCUT2D eigenvalue weighted by atomic mass is 16.5. The van der Waals surface area contributed by atoms with Gasteiger partial charge in [0.25, 0.3) is 6.47 Å². The van der Waals surface area contributed by atoms with E-state index in [4.69, 9.17) is 23.8 Å². The van der Waals surface area contributed by atoms with Crippen molar-refractivity contribution < 1.29 is 38.2 Å². The molecule has 0 saturated carbocycles. The number of aryl methyl sites for hydroxylation is 5. The molecule has 0 heterocycles. The van der Waals surface area contributed by atoms with E-state index >= 15 is 0 Å². The molecule has 6 aromatic carbocycles. The lowest BCUT2D eigenvalue weighted by atomic mass is 9.69. The van der Waals surface area contributed by atoms with Gasteiger partial charge in [0.2, 0.25) is 0 Å². The third-order valence-corrected chi connectivity index (χ3v) is 15.1. The molecule has 0 spiro atoms. The summed E-state index contributed by atoms with van der Waals surface area (Å²) in [4.78, 5) is 51.4. The minimum atomic E-state index is -0.412. The molecule has 6 rings (SSSR count). The fourth-order valence-electron chi connectivity index (χ4n) is 9.81. The molecule has 0 fully saturated rings. The quantitative estimate of drug-likeness (QED) is 0.0695. The highest BCUT2D eigenvalue weighted by Gasteiger charge is 2.33. The summed E-state index contributed by atoms with van der Waals surface area (Å²) in [5, 5.41) is 0. The van der Waals surface area contributed by atoms with Gasteiger partial charge in [0, 0.05) is 21.7 Å². The van der Waals surface area contributed by atoms with Gasteiger partial charge in [0.15, 0.2) is 11.6 Å². The van der Waals surface area contributed by atoms with Crippen LogP contribution in [0.25, 0.3) is 22.3 Å². The second-order valence-electron chi connectivity index (χ2n) is 21.8. The van der Waals surface area contributed by atoms with Crippen LogP contribution in [0.5, 0.6) is 11.5 Å². The van der Waals surface area contributed by atoms with Gasteiger partial charge in [-0.25, -0.2) is 0 Å². The number of hydrogen-bond acceptors (Lipinski definition) is 8. The molecule has 0 bridgehead atoms. The molecule has 8 heteroatoms. The summed E-state index contributed by atoms with van der Waals surface area (Å²) >= 11 is 0. The highest BCUT2D eigenvalue weighted by molar-refractivity contribution is 5.85. The zero-order chi connectivity index (χ0) is 55.7. The van der Waals surface area contributed by atoms with Crippen molar-refractivity contribution in [2.75, 3.05) is 13.2 Å². The first kappa shape index (κ1) is 60.7. The van der Waals surface area contributed by atoms with Gasteiger partial charge in [0.1, 0.15) is 31.3 Å². The van der Waals surface area contributed by atoms with E-state index in [-0.39, 0.29) is 48.4 Å². The van der Waals surface area contributed by atoms with Crippen LogP contribution >= 0.6 is 0 Å². The first-order valence-electron chi connectivity index (χ1n) is 26.5. The molecular weight excluding hydrogens is 933 g/mol. The monoisotopic (exact) mass is 1010 g/mol. The van der Waals surface area contributed by atoms with Gasteiger partial charge in [-0.1, -0.05) is 185 Å². The van der Waals surface area contributed by atoms with Crippen molar-refractivity contribution in [3.8, 4) is 33.8 Å². The number of rotatable bonds is 20. The normalized spacial score (nSPS) is 11.5. The molecule has 0 radical (unpaired) electrons. The Morgan fingerprint density at radius 3 is 1.07 bits per heavy atom. The van der Waals surface area contributed by atoms with Crippen LogP contribution in [0, 0.1) is 38.5 Å². The van der Waals surface area contributed by atoms with Gasteiger partial charge in [-0.15, -0.1) is 0 Å². The van der Waals surface area contributed by atoms with Gasteiger partial charge in [-0.2, -0.15) is 9.59 Å². The Morgan fingerprint density at radius 1 is 0.467 bits per heavy atom. The summed E-state index contributed by atoms with van der Waals surface area (Å²) in [7, 11) is 0. The third kappa shape index (κ3) is 15.1. The number of Topliss-reactive ketones (excluding diaryl/α,β-unsaturated/α-hetero) is 2. The highest BCUT2D eigenvalue weighted by Crippen LogP contribution is 2.44. The SMILES string of the molecule is CCC(CC)(c1ccc(OCC(=O)C(C)(C)C)c(C)c1)c1ccc(-c2ccc(COC=O)cc2)c(C)c1.CCc1ccc(-c2ccc(C(CC)(CC)c3ccc(OCC(=O)C(C)(C)C)c(C)c3)cc2C)cc1.O=C=O. The number of hydrogen-bond donors (Lipinski definition) is 0. The van der Waals surface area contributed by atoms with E-state index in [1.807, 2.05) is 65.8 Å². The Bertz CT molecular complexity index is 2880. The van der Waals surface area contributed by atoms with Crippen LogP contribution in [0.1, 0.15) is 157 Å². The van der Waals surface area contributed by atoms with E-state index < -0.39 is 10.8 Å². The van der Waals surface area contributed by atoms with Gasteiger partial charge < -0.3 is 14.2 Å². The molecule has 0 aliphatic rings. The molecule has 0 aliphatic carbocycles. The van der Waals surface area contributed by atoms with Gasteiger partial charge in [-0.3, -0.25) is 14.4 Å². The lowest BCUT2D eigenvalue weighted by Crippen LogP contribution is -2.27. The second kappa shape index (κ2) is 27.1. The average molecular weight is 1020 g/mol. The first-order valence-corrected chi connectivity index (χ1v) is 26.5. The minimum absolute atomic E-state index is 0.0696. The number of ether oxygens (including phenoxy) is 3. The summed E-state index contributed by atoms with van der Waals surface area (Å²) in [5.74, 6) is 1.75. The number of benzene rings is 6. The Hall–Kier alpha value is -6.89. The van der Waals surface area contributed by atoms with Crippen LogP contribution in [-0.2, 0) is 52.6 Å². The van der Waals surface area contributed by atoms with Gasteiger partial charge in [0.05, 0.1) is 0 Å². The van der Waals surface area contributed by atoms with Crippen LogP contribution in [0.3, 0.4) is 0 Å². The van der Waals surface area contributed by atoms with E-state index in [0.29, 0.717) is 6.47 Å². The maximum absolute atomic E-state index is 12.3. The van der Waals surface area contributed by atoms with E-state index in [9.17, 15) is 14.4 Å². The fourth-order valence-corrected chi connectivity index (χ4v) is 9.81. The predicted molar refractivity (Wildman–Crippen MR) is 303 cm³/mol. The lowest BCUT2D eigenvalue weighted by Gasteiger charge is -2.34. The fraction of sp³-hybridized carbons (Fsp3) is 0.403. The summed E-state index contributed by atoms with van der Waals surface area (Å²) in [5.41, 5.74) is 16.1. The van der Waals surface area contributed by atoms with Crippen LogP contribution in [0.15, 0.2) is 121 Å². The third-order valence-electron chi connectivity index (χ3n) is 15.1. The van der Waals surface area contributed by atoms with Crippen LogP contribution < -0.4 is 9.47 Å². The molecule has 0 amide bonds. The summed E-state index contributed by atoms with van der Waals surface area (Å²) in [6, 6.07) is 43.7. The van der Waals surface area contributed by atoms with Crippen molar-refractivity contribution in [1.29, 1.82) is 0 Å². The largest absolute Gasteiger partial charge is 0.486 e. The van der Waals surface area contributed by atoms with Crippen LogP contribution in [0.2, 0.25) is 0 Å². The zero-order valence-corrected chi connectivity index (χ0v) is 47.5. The summed E-state index contributed by atoms with van der Waals surface area (Å²) in [6.07, 6.45) is 5.26. The van der Waals surface area contributed by atoms with E-state index in [1.54, 1.807) is 0 Å². The number of carbonyl (C=O) groups is 3. The smallest absolute Gasteiger partial charge is 0.373 e. The molecule has 0 aromatic heterocycles. The predicted octanol–water partition coefficient (Wildman–Crippen LogP) is 15.8. The number of ketones is 2. The Labute approximate surface area is 448 Å². The van der Waals surface area contributed by atoms with Gasteiger partial charge >= 0.3 is 6.15 Å². The average Bonchev–Trinajstić information content (AvgIpc) is 3.38. The molecule has 398 valence electrons. The summed E-state index contributed by atoms with van der Waals surface area (Å²) < 4.78 is 16.7. The maximum Gasteiger partial charge on any atom is 0.373 e. The topological polar surface area (TPSA) is 113 Å². The molecule has 6 aromatic rings. The maximum atomic E-state index is 12.3. The standard InChI is InChI=1S/C33H40O4.C33H42O2.CO2/c1-8-33(9-2,28-15-17-30(24(4)19-28)37-21-31(35)32(5,6)7)27-14-16-29(23(3)18-27)26-12-10-25(11-13-26)20-36-22-34;1-9-25-12-14-26(15-13-25)29-18-16-27(20-23(29)4)33(10-2,11-3)28-17-19-30(24(5)21-28)35-22-31(34)32(6,7)8;2-1-3/h10-19,22H,8-9,20-21H2,1-7H3;12-21H,9-11,22H2,1-8H3;. The van der Waals surface area contributed by atoms with Crippen LogP contribution in [-0.4, -0.2) is 37.4 Å². The van der Waals surface area contributed by atoms with Crippen molar-refractivity contribution >= 4 is 24.2 Å².